The molecule has 1 aromatic rings. The highest BCUT2D eigenvalue weighted by Gasteiger charge is 2.22. The van der Waals surface area contributed by atoms with Crippen molar-refractivity contribution >= 4 is 24.3 Å². The van der Waals surface area contributed by atoms with Crippen LogP contribution in [0.15, 0.2) is 24.3 Å². The summed E-state index contributed by atoms with van der Waals surface area (Å²) >= 11 is 0. The van der Waals surface area contributed by atoms with Crippen molar-refractivity contribution in [2.75, 3.05) is 20.3 Å². The van der Waals surface area contributed by atoms with Gasteiger partial charge in [0, 0.05) is 7.11 Å². The van der Waals surface area contributed by atoms with Crippen LogP contribution >= 0.6 is 12.4 Å². The lowest BCUT2D eigenvalue weighted by atomic mass is 10.0. The van der Waals surface area contributed by atoms with Crippen molar-refractivity contribution in [2.24, 2.45) is 5.73 Å². The maximum Gasteiger partial charge on any atom is 0.308 e. The molecule has 0 aromatic heterocycles. The van der Waals surface area contributed by atoms with Crippen LogP contribution in [0.5, 0.6) is 0 Å². The van der Waals surface area contributed by atoms with E-state index in [1.807, 2.05) is 0 Å². The maximum absolute atomic E-state index is 13.0. The number of nitrogens with one attached hydrogen (secondary N) is 1. The van der Waals surface area contributed by atoms with Crippen molar-refractivity contribution in [3.8, 4) is 0 Å². The zero-order valence-electron chi connectivity index (χ0n) is 13.1. The fourth-order valence-corrected chi connectivity index (χ4v) is 1.87. The minimum absolute atomic E-state index is 0. The molecule has 1 rings (SSSR count). The summed E-state index contributed by atoms with van der Waals surface area (Å²) in [7, 11) is 1.43. The predicted molar refractivity (Wildman–Crippen MR) is 85.6 cm³/mol. The first-order valence-electron chi connectivity index (χ1n) is 6.93. The number of benzene rings is 1. The van der Waals surface area contributed by atoms with Crippen LogP contribution in [-0.4, -0.2) is 38.2 Å². The minimum atomic E-state index is -0.852. The lowest BCUT2D eigenvalue weighted by Gasteiger charge is -2.20. The number of hydrogen-bond donors (Lipinski definition) is 2. The average Bonchev–Trinajstić information content (AvgIpc) is 2.47. The molecule has 0 aliphatic heterocycles. The quantitative estimate of drug-likeness (QED) is 0.692. The molecule has 23 heavy (non-hydrogen) atoms. The Hall–Kier alpha value is -1.70. The molecule has 0 aliphatic carbocycles. The van der Waals surface area contributed by atoms with Crippen LogP contribution in [0, 0.1) is 5.82 Å². The first-order valence-corrected chi connectivity index (χ1v) is 6.93. The SMILES string of the molecule is CCOC(=O)CC(NC(=O)C(N)COC)c1ccc(F)cc1.Cl. The van der Waals surface area contributed by atoms with E-state index in [0.717, 1.165) is 0 Å². The largest absolute Gasteiger partial charge is 0.466 e. The van der Waals surface area contributed by atoms with Crippen LogP contribution < -0.4 is 11.1 Å². The molecule has 0 spiro atoms. The number of rotatable bonds is 8. The summed E-state index contributed by atoms with van der Waals surface area (Å²) in [5.74, 6) is -1.32. The Bertz CT molecular complexity index is 499. The van der Waals surface area contributed by atoms with E-state index in [1.54, 1.807) is 6.92 Å². The van der Waals surface area contributed by atoms with Gasteiger partial charge in [0.05, 0.1) is 25.7 Å². The Morgan fingerprint density at radius 2 is 1.91 bits per heavy atom. The van der Waals surface area contributed by atoms with Gasteiger partial charge in [0.1, 0.15) is 11.9 Å². The molecule has 0 bridgehead atoms. The van der Waals surface area contributed by atoms with Crippen LogP contribution in [-0.2, 0) is 19.1 Å². The molecular weight excluding hydrogens is 327 g/mol. The van der Waals surface area contributed by atoms with Gasteiger partial charge in [-0.25, -0.2) is 4.39 Å². The molecule has 0 aliphatic rings. The molecule has 2 atom stereocenters. The van der Waals surface area contributed by atoms with Gasteiger partial charge in [-0.3, -0.25) is 9.59 Å². The number of ether oxygens (including phenoxy) is 2. The highest BCUT2D eigenvalue weighted by atomic mass is 35.5. The predicted octanol–water partition coefficient (Wildman–Crippen LogP) is 1.33. The molecule has 6 nitrogen and oxygen atoms in total. The van der Waals surface area contributed by atoms with Crippen LogP contribution in [0.25, 0.3) is 0 Å². The Morgan fingerprint density at radius 1 is 1.30 bits per heavy atom. The van der Waals surface area contributed by atoms with E-state index in [9.17, 15) is 14.0 Å². The summed E-state index contributed by atoms with van der Waals surface area (Å²) in [5, 5.41) is 2.66. The fourth-order valence-electron chi connectivity index (χ4n) is 1.87. The van der Waals surface area contributed by atoms with Gasteiger partial charge in [0.2, 0.25) is 5.91 Å². The van der Waals surface area contributed by atoms with Gasteiger partial charge in [0.15, 0.2) is 0 Å². The lowest BCUT2D eigenvalue weighted by Crippen LogP contribution is -2.45. The van der Waals surface area contributed by atoms with Crippen molar-refractivity contribution < 1.29 is 23.5 Å². The molecule has 0 heterocycles. The normalized spacial score (nSPS) is 12.7. The molecule has 1 amide bonds. The van der Waals surface area contributed by atoms with Gasteiger partial charge in [-0.15, -0.1) is 12.4 Å². The van der Waals surface area contributed by atoms with Crippen LogP contribution in [0.4, 0.5) is 4.39 Å². The Morgan fingerprint density at radius 3 is 2.43 bits per heavy atom. The number of amides is 1. The Kier molecular flexibility index (Phi) is 10.1. The second kappa shape index (κ2) is 10.9. The first-order chi connectivity index (χ1) is 10.5. The third-order valence-corrected chi connectivity index (χ3v) is 2.95. The molecule has 130 valence electrons. The number of esters is 1. The lowest BCUT2D eigenvalue weighted by molar-refractivity contribution is -0.143. The third-order valence-electron chi connectivity index (χ3n) is 2.95. The highest BCUT2D eigenvalue weighted by molar-refractivity contribution is 5.85. The van der Waals surface area contributed by atoms with Crippen LogP contribution in [0.2, 0.25) is 0 Å². The Balaban J connectivity index is 0.00000484. The second-order valence-electron chi connectivity index (χ2n) is 4.68. The molecule has 0 saturated heterocycles. The van der Waals surface area contributed by atoms with Crippen molar-refractivity contribution in [3.05, 3.63) is 35.6 Å². The van der Waals surface area contributed by atoms with Gasteiger partial charge >= 0.3 is 5.97 Å². The molecule has 1 aromatic carbocycles. The number of nitrogens with two attached hydrogens (primary N) is 1. The zero-order valence-corrected chi connectivity index (χ0v) is 13.9. The van der Waals surface area contributed by atoms with E-state index in [4.69, 9.17) is 15.2 Å². The number of methoxy groups -OCH3 is 1. The van der Waals surface area contributed by atoms with E-state index < -0.39 is 29.8 Å². The fraction of sp³-hybridized carbons (Fsp3) is 0.467. The molecule has 8 heteroatoms. The average molecular weight is 349 g/mol. The smallest absolute Gasteiger partial charge is 0.308 e. The van der Waals surface area contributed by atoms with Gasteiger partial charge in [-0.2, -0.15) is 0 Å². The zero-order chi connectivity index (χ0) is 16.5. The van der Waals surface area contributed by atoms with Crippen molar-refractivity contribution in [1.82, 2.24) is 5.32 Å². The second-order valence-corrected chi connectivity index (χ2v) is 4.68. The highest BCUT2D eigenvalue weighted by Crippen LogP contribution is 2.18. The molecular formula is C15H22ClFN2O4. The van der Waals surface area contributed by atoms with E-state index in [2.05, 4.69) is 5.32 Å². The summed E-state index contributed by atoms with van der Waals surface area (Å²) in [6.45, 7) is 1.99. The van der Waals surface area contributed by atoms with E-state index in [1.165, 1.54) is 31.4 Å². The van der Waals surface area contributed by atoms with Gasteiger partial charge in [-0.05, 0) is 24.6 Å². The van der Waals surface area contributed by atoms with Crippen molar-refractivity contribution in [1.29, 1.82) is 0 Å². The summed E-state index contributed by atoms with van der Waals surface area (Å²) < 4.78 is 22.7. The number of carbonyl (C=O) groups is 2. The standard InChI is InChI=1S/C15H21FN2O4.ClH/c1-3-22-14(19)8-13(10-4-6-11(16)7-5-10)18-15(20)12(17)9-21-2;/h4-7,12-13H,3,8-9,17H2,1-2H3,(H,18,20);1H. The molecule has 2 unspecified atom stereocenters. The molecule has 3 N–H and O–H groups in total. The number of hydrogen-bond acceptors (Lipinski definition) is 5. The Labute approximate surface area is 140 Å². The third kappa shape index (κ3) is 7.40. The topological polar surface area (TPSA) is 90.7 Å². The molecule has 0 fully saturated rings. The van der Waals surface area contributed by atoms with Gasteiger partial charge < -0.3 is 20.5 Å². The summed E-state index contributed by atoms with van der Waals surface area (Å²) in [4.78, 5) is 23.6. The van der Waals surface area contributed by atoms with E-state index in [0.29, 0.717) is 5.56 Å². The summed E-state index contributed by atoms with van der Waals surface area (Å²) in [6.07, 6.45) is -0.0646. The molecule has 0 saturated carbocycles. The van der Waals surface area contributed by atoms with Gasteiger partial charge in [-0.1, -0.05) is 12.1 Å². The van der Waals surface area contributed by atoms with Crippen LogP contribution in [0.3, 0.4) is 0 Å². The van der Waals surface area contributed by atoms with Crippen molar-refractivity contribution in [2.45, 2.75) is 25.4 Å². The van der Waals surface area contributed by atoms with Crippen molar-refractivity contribution in [3.63, 3.8) is 0 Å². The van der Waals surface area contributed by atoms with Gasteiger partial charge in [0.25, 0.3) is 0 Å². The maximum atomic E-state index is 13.0. The van der Waals surface area contributed by atoms with E-state index >= 15 is 0 Å². The number of halogens is 2. The minimum Gasteiger partial charge on any atom is -0.466 e. The monoisotopic (exact) mass is 348 g/mol. The van der Waals surface area contributed by atoms with Crippen LogP contribution in [0.1, 0.15) is 24.9 Å². The van der Waals surface area contributed by atoms with E-state index in [-0.39, 0.29) is 32.0 Å². The number of carbonyl (C=O) groups excluding carboxylic acids is 2. The summed E-state index contributed by atoms with van der Waals surface area (Å²) in [6, 6.07) is 4.02. The summed E-state index contributed by atoms with van der Waals surface area (Å²) in [5.41, 5.74) is 6.24. The molecule has 0 radical (unpaired) electrons. The first kappa shape index (κ1) is 21.3.